The third-order valence-electron chi connectivity index (χ3n) is 2.21. The number of aliphatic hydroxyl groups is 2. The smallest absolute Gasteiger partial charge is 0.108 e. The monoisotopic (exact) mass is 264 g/mol. The van der Waals surface area contributed by atoms with Crippen LogP contribution in [-0.2, 0) is 0 Å². The Kier molecular flexibility index (Phi) is 4.83. The zero-order chi connectivity index (χ0) is 12.3. The maximum atomic E-state index is 9.84. The fourth-order valence-corrected chi connectivity index (χ4v) is 1.79. The minimum absolute atomic E-state index is 0.249. The zero-order valence-electron chi connectivity index (χ0n) is 8.74. The Morgan fingerprint density at radius 2 is 1.94 bits per heavy atom. The van der Waals surface area contributed by atoms with E-state index in [4.69, 9.17) is 28.9 Å². The fraction of sp³-hybridized carbons (Fsp3) is 0.400. The van der Waals surface area contributed by atoms with E-state index >= 15 is 0 Å². The van der Waals surface area contributed by atoms with Gasteiger partial charge in [-0.25, -0.2) is 0 Å². The molecule has 1 aromatic rings. The molecule has 0 aliphatic heterocycles. The quantitative estimate of drug-likeness (QED) is 0.617. The molecular formula is C10H14Cl2N2O2. The van der Waals surface area contributed by atoms with Crippen molar-refractivity contribution in [1.82, 2.24) is 5.32 Å². The maximum absolute atomic E-state index is 9.84. The Hall–Kier alpha value is -0.520. The van der Waals surface area contributed by atoms with E-state index in [1.807, 2.05) is 0 Å². The zero-order valence-corrected chi connectivity index (χ0v) is 10.3. The predicted molar refractivity (Wildman–Crippen MR) is 65.8 cm³/mol. The Bertz CT molecular complexity index is 374. The normalized spacial score (nSPS) is 14.8. The predicted octanol–water partition coefficient (Wildman–Crippen LogP) is 1.19. The molecular weight excluding hydrogens is 251 g/mol. The van der Waals surface area contributed by atoms with Crippen LogP contribution in [0.3, 0.4) is 0 Å². The molecule has 0 aromatic heterocycles. The molecule has 0 saturated heterocycles. The molecule has 16 heavy (non-hydrogen) atoms. The molecule has 0 spiro atoms. The minimum atomic E-state index is -1.10. The summed E-state index contributed by atoms with van der Waals surface area (Å²) in [5, 5.41) is 22.8. The number of hydrogen-bond acceptors (Lipinski definition) is 4. The molecule has 2 atom stereocenters. The molecule has 0 bridgehead atoms. The van der Waals surface area contributed by atoms with E-state index in [2.05, 4.69) is 5.32 Å². The van der Waals surface area contributed by atoms with Crippen molar-refractivity contribution in [2.24, 2.45) is 0 Å². The van der Waals surface area contributed by atoms with E-state index in [1.54, 1.807) is 7.05 Å². The van der Waals surface area contributed by atoms with Gasteiger partial charge in [-0.2, -0.15) is 0 Å². The summed E-state index contributed by atoms with van der Waals surface area (Å²) in [6, 6.07) is 2.91. The van der Waals surface area contributed by atoms with Crippen LogP contribution in [-0.4, -0.2) is 29.9 Å². The molecule has 0 fully saturated rings. The molecule has 6 heteroatoms. The highest BCUT2D eigenvalue weighted by Gasteiger charge is 2.21. The van der Waals surface area contributed by atoms with Gasteiger partial charge in [0.05, 0.1) is 16.8 Å². The SMILES string of the molecule is CNCC(O)C(O)c1cc(Cl)c(N)cc1Cl. The summed E-state index contributed by atoms with van der Waals surface area (Å²) >= 11 is 11.7. The van der Waals surface area contributed by atoms with Gasteiger partial charge in [0.15, 0.2) is 0 Å². The lowest BCUT2D eigenvalue weighted by atomic mass is 10.0. The molecule has 0 radical (unpaired) electrons. The van der Waals surface area contributed by atoms with Crippen LogP contribution in [0.2, 0.25) is 10.0 Å². The number of rotatable bonds is 4. The Morgan fingerprint density at radius 3 is 2.50 bits per heavy atom. The summed E-state index contributed by atoms with van der Waals surface area (Å²) in [6.45, 7) is 0.249. The van der Waals surface area contributed by atoms with Crippen molar-refractivity contribution in [2.75, 3.05) is 19.3 Å². The van der Waals surface area contributed by atoms with Crippen LogP contribution >= 0.6 is 23.2 Å². The van der Waals surface area contributed by atoms with E-state index < -0.39 is 12.2 Å². The number of nitrogens with one attached hydrogen (secondary N) is 1. The summed E-state index contributed by atoms with van der Waals surface area (Å²) in [5.74, 6) is 0. The molecule has 1 rings (SSSR count). The van der Waals surface area contributed by atoms with Crippen molar-refractivity contribution in [3.63, 3.8) is 0 Å². The molecule has 0 amide bonds. The molecule has 4 nitrogen and oxygen atoms in total. The second kappa shape index (κ2) is 5.70. The highest BCUT2D eigenvalue weighted by Crippen LogP contribution is 2.32. The van der Waals surface area contributed by atoms with Gasteiger partial charge in [-0.1, -0.05) is 23.2 Å². The molecule has 5 N–H and O–H groups in total. The third kappa shape index (κ3) is 2.99. The van der Waals surface area contributed by atoms with Crippen LogP contribution in [0.15, 0.2) is 12.1 Å². The first kappa shape index (κ1) is 13.5. The van der Waals surface area contributed by atoms with Gasteiger partial charge in [-0.3, -0.25) is 0 Å². The highest BCUT2D eigenvalue weighted by molar-refractivity contribution is 6.35. The van der Waals surface area contributed by atoms with E-state index in [9.17, 15) is 10.2 Å². The van der Waals surface area contributed by atoms with Crippen molar-refractivity contribution in [2.45, 2.75) is 12.2 Å². The van der Waals surface area contributed by atoms with Gasteiger partial charge >= 0.3 is 0 Å². The summed E-state index contributed by atoms with van der Waals surface area (Å²) < 4.78 is 0. The summed E-state index contributed by atoms with van der Waals surface area (Å²) in [4.78, 5) is 0. The van der Waals surface area contributed by atoms with Gasteiger partial charge in [-0.05, 0) is 19.2 Å². The van der Waals surface area contributed by atoms with E-state index in [0.717, 1.165) is 0 Å². The molecule has 90 valence electrons. The van der Waals surface area contributed by atoms with E-state index in [1.165, 1.54) is 12.1 Å². The summed E-state index contributed by atoms with van der Waals surface area (Å²) in [5.41, 5.74) is 6.25. The molecule has 1 aromatic carbocycles. The van der Waals surface area contributed by atoms with Gasteiger partial charge in [0, 0.05) is 17.1 Å². The van der Waals surface area contributed by atoms with Crippen molar-refractivity contribution in [1.29, 1.82) is 0 Å². The van der Waals surface area contributed by atoms with Crippen LogP contribution in [0.25, 0.3) is 0 Å². The Balaban J connectivity index is 2.99. The van der Waals surface area contributed by atoms with Crippen molar-refractivity contribution in [3.05, 3.63) is 27.7 Å². The third-order valence-corrected chi connectivity index (χ3v) is 2.87. The lowest BCUT2D eigenvalue weighted by molar-refractivity contribution is 0.0203. The topological polar surface area (TPSA) is 78.5 Å². The maximum Gasteiger partial charge on any atom is 0.108 e. The Labute approximate surface area is 104 Å². The average molecular weight is 265 g/mol. The fourth-order valence-electron chi connectivity index (χ4n) is 1.33. The number of hydrogen-bond donors (Lipinski definition) is 4. The first-order valence-corrected chi connectivity index (χ1v) is 5.48. The van der Waals surface area contributed by atoms with Gasteiger partial charge in [0.2, 0.25) is 0 Å². The van der Waals surface area contributed by atoms with Gasteiger partial charge in [0.1, 0.15) is 6.10 Å². The van der Waals surface area contributed by atoms with Gasteiger partial charge in [-0.15, -0.1) is 0 Å². The first-order chi connectivity index (χ1) is 7.47. The standard InChI is InChI=1S/C10H14Cl2N2O2/c1-14-4-9(15)10(16)5-2-7(12)8(13)3-6(5)11/h2-3,9-10,14-16H,4,13H2,1H3. The number of likely N-dealkylation sites (N-methyl/N-ethyl adjacent to an activating group) is 1. The van der Waals surface area contributed by atoms with Crippen molar-refractivity contribution in [3.8, 4) is 0 Å². The lowest BCUT2D eigenvalue weighted by Gasteiger charge is -2.19. The number of halogens is 2. The highest BCUT2D eigenvalue weighted by atomic mass is 35.5. The Morgan fingerprint density at radius 1 is 1.31 bits per heavy atom. The number of nitrogens with two attached hydrogens (primary N) is 1. The number of nitrogen functional groups attached to an aromatic ring is 1. The summed E-state index contributed by atoms with van der Waals surface area (Å²) in [6.07, 6.45) is -2.06. The van der Waals surface area contributed by atoms with E-state index in [0.29, 0.717) is 16.3 Å². The number of anilines is 1. The second-order valence-electron chi connectivity index (χ2n) is 3.47. The van der Waals surface area contributed by atoms with Crippen LogP contribution < -0.4 is 11.1 Å². The molecule has 0 saturated carbocycles. The number of benzene rings is 1. The van der Waals surface area contributed by atoms with Crippen LogP contribution in [0.4, 0.5) is 5.69 Å². The van der Waals surface area contributed by atoms with Crippen LogP contribution in [0, 0.1) is 0 Å². The van der Waals surface area contributed by atoms with Crippen LogP contribution in [0.1, 0.15) is 11.7 Å². The van der Waals surface area contributed by atoms with Crippen LogP contribution in [0.5, 0.6) is 0 Å². The van der Waals surface area contributed by atoms with Crippen molar-refractivity contribution < 1.29 is 10.2 Å². The van der Waals surface area contributed by atoms with Crippen molar-refractivity contribution >= 4 is 28.9 Å². The average Bonchev–Trinajstić information content (AvgIpc) is 2.23. The second-order valence-corrected chi connectivity index (χ2v) is 4.28. The largest absolute Gasteiger partial charge is 0.397 e. The van der Waals surface area contributed by atoms with Gasteiger partial charge < -0.3 is 21.3 Å². The number of aliphatic hydroxyl groups excluding tert-OH is 2. The molecule has 2 unspecified atom stereocenters. The molecule has 0 aliphatic carbocycles. The molecule has 0 heterocycles. The van der Waals surface area contributed by atoms with Gasteiger partial charge in [0.25, 0.3) is 0 Å². The lowest BCUT2D eigenvalue weighted by Crippen LogP contribution is -2.29. The molecule has 0 aliphatic rings. The summed E-state index contributed by atoms with van der Waals surface area (Å²) in [7, 11) is 1.67. The first-order valence-electron chi connectivity index (χ1n) is 4.72. The van der Waals surface area contributed by atoms with E-state index in [-0.39, 0.29) is 11.6 Å². The minimum Gasteiger partial charge on any atom is -0.397 e.